The van der Waals surface area contributed by atoms with Gasteiger partial charge in [0, 0.05) is 52.2 Å². The molecule has 0 aliphatic carbocycles. The molecule has 3 rings (SSSR count). The van der Waals surface area contributed by atoms with Gasteiger partial charge in [0.2, 0.25) is 0 Å². The summed E-state index contributed by atoms with van der Waals surface area (Å²) in [6.07, 6.45) is 2.27. The third-order valence-corrected chi connectivity index (χ3v) is 6.22. The van der Waals surface area contributed by atoms with Crippen LogP contribution in [-0.4, -0.2) is 56.1 Å². The van der Waals surface area contributed by atoms with Gasteiger partial charge in [-0.05, 0) is 30.9 Å². The lowest BCUT2D eigenvalue weighted by Crippen LogP contribution is -2.48. The topological polar surface area (TPSA) is 55.8 Å². The average Bonchev–Trinajstić information content (AvgIpc) is 3.17. The highest BCUT2D eigenvalue weighted by Gasteiger charge is 2.20. The maximum absolute atomic E-state index is 4.61. The number of nitrogens with zero attached hydrogens (tertiary/aromatic N) is 4. The van der Waals surface area contributed by atoms with E-state index in [0.29, 0.717) is 12.6 Å². The Morgan fingerprint density at radius 2 is 2.00 bits per heavy atom. The summed E-state index contributed by atoms with van der Waals surface area (Å²) in [7, 11) is 5.86. The summed E-state index contributed by atoms with van der Waals surface area (Å²) in [5.74, 6) is 0.858. The zero-order chi connectivity index (χ0) is 19.9. The van der Waals surface area contributed by atoms with Gasteiger partial charge in [-0.15, -0.1) is 35.3 Å². The predicted octanol–water partition coefficient (Wildman–Crippen LogP) is 3.47. The van der Waals surface area contributed by atoms with Crippen LogP contribution in [0.5, 0.6) is 0 Å². The fraction of sp³-hybridized carbons (Fsp3) is 0.524. The minimum atomic E-state index is 0. The molecule has 160 valence electrons. The summed E-state index contributed by atoms with van der Waals surface area (Å²) < 4.78 is 0. The van der Waals surface area contributed by atoms with Gasteiger partial charge in [-0.3, -0.25) is 9.89 Å². The van der Waals surface area contributed by atoms with Crippen LogP contribution in [0.3, 0.4) is 0 Å². The van der Waals surface area contributed by atoms with E-state index in [2.05, 4.69) is 62.1 Å². The molecule has 2 heterocycles. The molecule has 1 aromatic heterocycles. The van der Waals surface area contributed by atoms with E-state index in [1.165, 1.54) is 11.1 Å². The molecule has 0 atom stereocenters. The number of halogens is 1. The molecular weight excluding hydrogens is 495 g/mol. The van der Waals surface area contributed by atoms with E-state index in [0.717, 1.165) is 49.3 Å². The lowest BCUT2D eigenvalue weighted by molar-refractivity contribution is 0.198. The van der Waals surface area contributed by atoms with Gasteiger partial charge in [-0.1, -0.05) is 24.3 Å². The maximum Gasteiger partial charge on any atom is 0.191 e. The van der Waals surface area contributed by atoms with Crippen molar-refractivity contribution in [3.05, 3.63) is 46.5 Å². The number of benzene rings is 1. The molecule has 0 bridgehead atoms. The summed E-state index contributed by atoms with van der Waals surface area (Å²) >= 11 is 1.66. The van der Waals surface area contributed by atoms with Crippen LogP contribution in [0.25, 0.3) is 0 Å². The van der Waals surface area contributed by atoms with Gasteiger partial charge in [0.15, 0.2) is 11.1 Å². The second-order valence-electron chi connectivity index (χ2n) is 7.56. The fourth-order valence-electron chi connectivity index (χ4n) is 3.41. The Labute approximate surface area is 195 Å². The molecule has 6 nitrogen and oxygen atoms in total. The lowest BCUT2D eigenvalue weighted by atomic mass is 10.0. The van der Waals surface area contributed by atoms with Crippen molar-refractivity contribution >= 4 is 46.4 Å². The van der Waals surface area contributed by atoms with Crippen molar-refractivity contribution in [2.75, 3.05) is 39.1 Å². The minimum absolute atomic E-state index is 0. The molecule has 0 spiro atoms. The summed E-state index contributed by atoms with van der Waals surface area (Å²) in [4.78, 5) is 13.6. The van der Waals surface area contributed by atoms with Crippen LogP contribution in [0.4, 0.5) is 5.13 Å². The monoisotopic (exact) mass is 528 g/mol. The Kier molecular flexibility index (Phi) is 9.64. The van der Waals surface area contributed by atoms with Gasteiger partial charge < -0.3 is 15.5 Å². The number of aliphatic imine (C=N–C) groups is 1. The number of guanidine groups is 1. The van der Waals surface area contributed by atoms with Crippen LogP contribution < -0.4 is 15.5 Å². The van der Waals surface area contributed by atoms with E-state index < -0.39 is 0 Å². The summed E-state index contributed by atoms with van der Waals surface area (Å²) in [5, 5.41) is 10.1. The van der Waals surface area contributed by atoms with Crippen molar-refractivity contribution in [1.82, 2.24) is 20.5 Å². The SMILES string of the molecule is CN=C(NCc1csc(N(C)C)n1)NC1CCN(Cc2ccccc2C)CC1.I. The number of hydrogen-bond donors (Lipinski definition) is 2. The van der Waals surface area contributed by atoms with Crippen LogP contribution in [-0.2, 0) is 13.1 Å². The Balaban J connectivity index is 0.00000300. The molecule has 1 saturated heterocycles. The van der Waals surface area contributed by atoms with E-state index in [1.54, 1.807) is 11.3 Å². The zero-order valence-electron chi connectivity index (χ0n) is 17.8. The van der Waals surface area contributed by atoms with Crippen LogP contribution in [0.1, 0.15) is 29.7 Å². The molecule has 1 aliphatic rings. The molecule has 0 unspecified atom stereocenters. The molecule has 0 saturated carbocycles. The zero-order valence-corrected chi connectivity index (χ0v) is 21.0. The molecule has 2 N–H and O–H groups in total. The third-order valence-electron chi connectivity index (χ3n) is 5.17. The molecule has 1 aliphatic heterocycles. The number of rotatable bonds is 6. The Hall–Kier alpha value is -1.39. The highest BCUT2D eigenvalue weighted by atomic mass is 127. The van der Waals surface area contributed by atoms with Crippen molar-refractivity contribution < 1.29 is 0 Å². The minimum Gasteiger partial charge on any atom is -0.354 e. The van der Waals surface area contributed by atoms with E-state index in [-0.39, 0.29) is 24.0 Å². The molecular formula is C21H33IN6S. The van der Waals surface area contributed by atoms with Crippen LogP contribution in [0.2, 0.25) is 0 Å². The van der Waals surface area contributed by atoms with Gasteiger partial charge in [0.05, 0.1) is 12.2 Å². The smallest absolute Gasteiger partial charge is 0.191 e. The number of nitrogens with one attached hydrogen (secondary N) is 2. The van der Waals surface area contributed by atoms with E-state index in [4.69, 9.17) is 0 Å². The molecule has 8 heteroatoms. The van der Waals surface area contributed by atoms with Crippen LogP contribution >= 0.6 is 35.3 Å². The number of thiazole rings is 1. The maximum atomic E-state index is 4.61. The standard InChI is InChI=1S/C21H32N6S.HI/c1-16-7-5-6-8-17(16)14-27-11-9-18(10-12-27)24-20(22-2)23-13-19-15-28-21(25-19)26(3)4;/h5-8,15,18H,9-14H2,1-4H3,(H2,22,23,24);1H. The fourth-order valence-corrected chi connectivity index (χ4v) is 4.17. The Morgan fingerprint density at radius 3 is 2.62 bits per heavy atom. The second kappa shape index (κ2) is 11.7. The Morgan fingerprint density at radius 1 is 1.28 bits per heavy atom. The molecule has 0 radical (unpaired) electrons. The van der Waals surface area contributed by atoms with Crippen molar-refractivity contribution in [2.45, 2.75) is 38.9 Å². The average molecular weight is 529 g/mol. The van der Waals surface area contributed by atoms with Crippen LogP contribution in [0, 0.1) is 6.92 Å². The highest BCUT2D eigenvalue weighted by Crippen LogP contribution is 2.18. The largest absolute Gasteiger partial charge is 0.354 e. The first kappa shape index (κ1) is 23.9. The number of piperidine rings is 1. The van der Waals surface area contributed by atoms with E-state index in [1.807, 2.05) is 26.0 Å². The molecule has 1 fully saturated rings. The first-order valence-corrected chi connectivity index (χ1v) is 10.8. The molecule has 2 aromatic rings. The Bertz CT molecular complexity index is 783. The normalized spacial score (nSPS) is 15.7. The van der Waals surface area contributed by atoms with E-state index >= 15 is 0 Å². The lowest BCUT2D eigenvalue weighted by Gasteiger charge is -2.33. The first-order valence-electron chi connectivity index (χ1n) is 9.91. The summed E-state index contributed by atoms with van der Waals surface area (Å²) in [5.41, 5.74) is 3.86. The summed E-state index contributed by atoms with van der Waals surface area (Å²) in [6.45, 7) is 6.16. The number of likely N-dealkylation sites (tertiary alicyclic amines) is 1. The summed E-state index contributed by atoms with van der Waals surface area (Å²) in [6, 6.07) is 9.15. The molecule has 0 amide bonds. The van der Waals surface area contributed by atoms with Gasteiger partial charge in [0.1, 0.15) is 0 Å². The first-order chi connectivity index (χ1) is 13.5. The number of anilines is 1. The van der Waals surface area contributed by atoms with Crippen molar-refractivity contribution in [1.29, 1.82) is 0 Å². The number of aryl methyl sites for hydroxylation is 1. The van der Waals surface area contributed by atoms with Crippen molar-refractivity contribution in [3.8, 4) is 0 Å². The van der Waals surface area contributed by atoms with Gasteiger partial charge >= 0.3 is 0 Å². The van der Waals surface area contributed by atoms with Crippen molar-refractivity contribution in [3.63, 3.8) is 0 Å². The van der Waals surface area contributed by atoms with Crippen LogP contribution in [0.15, 0.2) is 34.6 Å². The number of aromatic nitrogens is 1. The molecule has 1 aromatic carbocycles. The predicted molar refractivity (Wildman–Crippen MR) is 135 cm³/mol. The number of hydrogen-bond acceptors (Lipinski definition) is 5. The third kappa shape index (κ3) is 7.11. The highest BCUT2D eigenvalue weighted by molar-refractivity contribution is 14.0. The molecule has 29 heavy (non-hydrogen) atoms. The van der Waals surface area contributed by atoms with Crippen molar-refractivity contribution in [2.24, 2.45) is 4.99 Å². The van der Waals surface area contributed by atoms with E-state index in [9.17, 15) is 0 Å². The van der Waals surface area contributed by atoms with Gasteiger partial charge in [0.25, 0.3) is 0 Å². The van der Waals surface area contributed by atoms with Gasteiger partial charge in [-0.2, -0.15) is 0 Å². The quantitative estimate of drug-likeness (QED) is 0.342. The van der Waals surface area contributed by atoms with Gasteiger partial charge in [-0.25, -0.2) is 4.98 Å². The second-order valence-corrected chi connectivity index (χ2v) is 8.40.